The Labute approximate surface area is 151 Å². The number of ether oxygens (including phenoxy) is 1. The number of benzene rings is 1. The molecule has 0 aromatic heterocycles. The molecule has 25 heavy (non-hydrogen) atoms. The predicted octanol–water partition coefficient (Wildman–Crippen LogP) is -1.54. The van der Waals surface area contributed by atoms with Gasteiger partial charge in [0.15, 0.2) is 0 Å². The number of halogens is 1. The van der Waals surface area contributed by atoms with E-state index >= 15 is 0 Å². The second-order valence-corrected chi connectivity index (χ2v) is 4.68. The molecular formula is C15H21ClN4O5. The van der Waals surface area contributed by atoms with Crippen molar-refractivity contribution in [1.82, 2.24) is 16.0 Å². The Morgan fingerprint density at radius 2 is 1.36 bits per heavy atom. The van der Waals surface area contributed by atoms with Gasteiger partial charge in [0.1, 0.15) is 13.2 Å². The molecule has 1 aromatic rings. The summed E-state index contributed by atoms with van der Waals surface area (Å²) in [5.41, 5.74) is 5.90. The molecule has 138 valence electrons. The number of carbonyl (C=O) groups is 4. The fraction of sp³-hybridized carbons (Fsp3) is 0.333. The van der Waals surface area contributed by atoms with Crippen molar-refractivity contribution in [2.75, 3.05) is 26.2 Å². The maximum Gasteiger partial charge on any atom is 0.325 e. The first-order chi connectivity index (χ1) is 11.5. The second-order valence-electron chi connectivity index (χ2n) is 4.68. The van der Waals surface area contributed by atoms with E-state index in [2.05, 4.69) is 16.0 Å². The summed E-state index contributed by atoms with van der Waals surface area (Å²) in [6, 6.07) is 9.12. The highest BCUT2D eigenvalue weighted by atomic mass is 35.5. The first kappa shape index (κ1) is 22.4. The third-order valence-electron chi connectivity index (χ3n) is 2.75. The summed E-state index contributed by atoms with van der Waals surface area (Å²) in [5.74, 6) is -2.16. The van der Waals surface area contributed by atoms with Crippen LogP contribution in [0.4, 0.5) is 0 Å². The Balaban J connectivity index is 0.00000576. The fourth-order valence-corrected chi connectivity index (χ4v) is 1.51. The van der Waals surface area contributed by atoms with Gasteiger partial charge in [-0.1, -0.05) is 30.3 Å². The quantitative estimate of drug-likeness (QED) is 0.387. The van der Waals surface area contributed by atoms with Gasteiger partial charge in [0.05, 0.1) is 19.6 Å². The molecule has 1 aromatic carbocycles. The van der Waals surface area contributed by atoms with Crippen LogP contribution in [0.2, 0.25) is 0 Å². The third kappa shape index (κ3) is 10.7. The van der Waals surface area contributed by atoms with Gasteiger partial charge in [0, 0.05) is 0 Å². The van der Waals surface area contributed by atoms with Crippen LogP contribution in [-0.4, -0.2) is 49.9 Å². The minimum atomic E-state index is -0.589. The summed E-state index contributed by atoms with van der Waals surface area (Å²) < 4.78 is 4.98. The molecule has 0 heterocycles. The van der Waals surface area contributed by atoms with Crippen molar-refractivity contribution in [3.63, 3.8) is 0 Å². The number of amides is 3. The molecule has 0 aliphatic rings. The van der Waals surface area contributed by atoms with E-state index in [9.17, 15) is 19.2 Å². The van der Waals surface area contributed by atoms with E-state index in [4.69, 9.17) is 10.5 Å². The number of hydrogen-bond donors (Lipinski definition) is 4. The molecule has 10 heteroatoms. The molecule has 0 saturated heterocycles. The van der Waals surface area contributed by atoms with Crippen LogP contribution in [0.1, 0.15) is 5.56 Å². The molecule has 0 fully saturated rings. The SMILES string of the molecule is Cl.NCC(=O)NCC(=O)NCC(=O)NCC(=O)OCc1ccccc1. The maximum absolute atomic E-state index is 11.5. The van der Waals surface area contributed by atoms with Crippen LogP contribution in [0, 0.1) is 0 Å². The molecular weight excluding hydrogens is 352 g/mol. The molecule has 5 N–H and O–H groups in total. The van der Waals surface area contributed by atoms with E-state index in [0.29, 0.717) is 0 Å². The zero-order valence-electron chi connectivity index (χ0n) is 13.4. The molecule has 0 saturated carbocycles. The smallest absolute Gasteiger partial charge is 0.325 e. The highest BCUT2D eigenvalue weighted by molar-refractivity contribution is 5.89. The lowest BCUT2D eigenvalue weighted by Crippen LogP contribution is -2.44. The van der Waals surface area contributed by atoms with Crippen molar-refractivity contribution in [2.45, 2.75) is 6.61 Å². The molecule has 0 aliphatic carbocycles. The van der Waals surface area contributed by atoms with Gasteiger partial charge in [-0.25, -0.2) is 0 Å². The van der Waals surface area contributed by atoms with E-state index in [-0.39, 0.29) is 45.2 Å². The van der Waals surface area contributed by atoms with E-state index < -0.39 is 23.7 Å². The molecule has 0 unspecified atom stereocenters. The van der Waals surface area contributed by atoms with Crippen molar-refractivity contribution in [1.29, 1.82) is 0 Å². The van der Waals surface area contributed by atoms with Gasteiger partial charge in [-0.15, -0.1) is 12.4 Å². The van der Waals surface area contributed by atoms with Crippen LogP contribution >= 0.6 is 12.4 Å². The van der Waals surface area contributed by atoms with Crippen molar-refractivity contribution in [3.05, 3.63) is 35.9 Å². The lowest BCUT2D eigenvalue weighted by Gasteiger charge is -2.08. The zero-order valence-corrected chi connectivity index (χ0v) is 14.3. The van der Waals surface area contributed by atoms with Crippen molar-refractivity contribution in [3.8, 4) is 0 Å². The lowest BCUT2D eigenvalue weighted by molar-refractivity contribution is -0.145. The standard InChI is InChI=1S/C15H20N4O5.ClH/c16-6-12(20)17-7-13(21)18-8-14(22)19-9-15(23)24-10-11-4-2-1-3-5-11;/h1-5H,6-10,16H2,(H,17,20)(H,18,21)(H,19,22);1H. The predicted molar refractivity (Wildman–Crippen MR) is 91.6 cm³/mol. The van der Waals surface area contributed by atoms with Gasteiger partial charge >= 0.3 is 5.97 Å². The van der Waals surface area contributed by atoms with Crippen molar-refractivity contribution in [2.24, 2.45) is 5.73 Å². The molecule has 0 atom stereocenters. The van der Waals surface area contributed by atoms with Gasteiger partial charge in [-0.3, -0.25) is 19.2 Å². The van der Waals surface area contributed by atoms with Crippen LogP contribution in [0.5, 0.6) is 0 Å². The molecule has 0 radical (unpaired) electrons. The minimum absolute atomic E-state index is 0. The van der Waals surface area contributed by atoms with Crippen LogP contribution in [0.25, 0.3) is 0 Å². The summed E-state index contributed by atoms with van der Waals surface area (Å²) in [6.07, 6.45) is 0. The Morgan fingerprint density at radius 1 is 0.840 bits per heavy atom. The third-order valence-corrected chi connectivity index (χ3v) is 2.75. The lowest BCUT2D eigenvalue weighted by atomic mass is 10.2. The molecule has 1 rings (SSSR count). The number of hydrogen-bond acceptors (Lipinski definition) is 6. The highest BCUT2D eigenvalue weighted by Crippen LogP contribution is 2.00. The largest absolute Gasteiger partial charge is 0.460 e. The Kier molecular flexibility index (Phi) is 11.4. The summed E-state index contributed by atoms with van der Waals surface area (Å²) in [6.45, 7) is -0.997. The second kappa shape index (κ2) is 12.7. The summed E-state index contributed by atoms with van der Waals surface area (Å²) in [4.78, 5) is 45.1. The number of nitrogens with one attached hydrogen (secondary N) is 3. The topological polar surface area (TPSA) is 140 Å². The molecule has 0 spiro atoms. The van der Waals surface area contributed by atoms with E-state index in [1.165, 1.54) is 0 Å². The van der Waals surface area contributed by atoms with Gasteiger partial charge in [-0.05, 0) is 5.56 Å². The van der Waals surface area contributed by atoms with E-state index in [1.807, 2.05) is 30.3 Å². The average molecular weight is 373 g/mol. The van der Waals surface area contributed by atoms with E-state index in [1.54, 1.807) is 0 Å². The Bertz CT molecular complexity index is 583. The van der Waals surface area contributed by atoms with Gasteiger partial charge in [-0.2, -0.15) is 0 Å². The van der Waals surface area contributed by atoms with E-state index in [0.717, 1.165) is 5.56 Å². The normalized spacial score (nSPS) is 9.32. The van der Waals surface area contributed by atoms with Crippen molar-refractivity contribution >= 4 is 36.1 Å². The number of carbonyl (C=O) groups excluding carboxylic acids is 4. The van der Waals surface area contributed by atoms with Crippen molar-refractivity contribution < 1.29 is 23.9 Å². The molecule has 9 nitrogen and oxygen atoms in total. The summed E-state index contributed by atoms with van der Waals surface area (Å²) in [5, 5.41) is 6.86. The molecule has 3 amide bonds. The molecule has 0 aliphatic heterocycles. The van der Waals surface area contributed by atoms with Crippen LogP contribution in [-0.2, 0) is 30.5 Å². The van der Waals surface area contributed by atoms with Crippen LogP contribution < -0.4 is 21.7 Å². The summed E-state index contributed by atoms with van der Waals surface area (Å²) >= 11 is 0. The first-order valence-corrected chi connectivity index (χ1v) is 7.21. The number of nitrogens with two attached hydrogens (primary N) is 1. The zero-order chi connectivity index (χ0) is 17.8. The fourth-order valence-electron chi connectivity index (χ4n) is 1.51. The highest BCUT2D eigenvalue weighted by Gasteiger charge is 2.09. The maximum atomic E-state index is 11.5. The summed E-state index contributed by atoms with van der Waals surface area (Å²) in [7, 11) is 0. The van der Waals surface area contributed by atoms with Gasteiger partial charge < -0.3 is 26.4 Å². The van der Waals surface area contributed by atoms with Crippen LogP contribution in [0.15, 0.2) is 30.3 Å². The Hall–Kier alpha value is -2.65. The minimum Gasteiger partial charge on any atom is -0.460 e. The Morgan fingerprint density at radius 3 is 1.92 bits per heavy atom. The van der Waals surface area contributed by atoms with Crippen LogP contribution in [0.3, 0.4) is 0 Å². The number of esters is 1. The monoisotopic (exact) mass is 372 g/mol. The average Bonchev–Trinajstić information content (AvgIpc) is 2.61. The first-order valence-electron chi connectivity index (χ1n) is 7.21. The number of rotatable bonds is 9. The molecule has 0 bridgehead atoms. The van der Waals surface area contributed by atoms with Gasteiger partial charge in [0.25, 0.3) is 0 Å². The van der Waals surface area contributed by atoms with Gasteiger partial charge in [0.2, 0.25) is 17.7 Å².